The van der Waals surface area contributed by atoms with Gasteiger partial charge in [0.2, 0.25) is 0 Å². The fourth-order valence-corrected chi connectivity index (χ4v) is 0.970. The van der Waals surface area contributed by atoms with Gasteiger partial charge in [-0.05, 0) is 6.42 Å². The first-order chi connectivity index (χ1) is 3.62. The summed E-state index contributed by atoms with van der Waals surface area (Å²) in [5, 5.41) is 0. The van der Waals surface area contributed by atoms with Crippen molar-refractivity contribution in [2.75, 3.05) is 5.88 Å². The monoisotopic (exact) mass is 193 g/mol. The Morgan fingerprint density at radius 1 is 1.38 bits per heavy atom. The van der Waals surface area contributed by atoms with Crippen LogP contribution in [0, 0.1) is 5.88 Å². The highest BCUT2D eigenvalue weighted by molar-refractivity contribution is 6.53. The molecule has 0 aromatic heterocycles. The zero-order chi connectivity index (χ0) is 6.62. The third kappa shape index (κ3) is 4.08. The van der Waals surface area contributed by atoms with Crippen LogP contribution >= 0.6 is 46.4 Å². The molecule has 0 atom stereocenters. The number of halogens is 4. The van der Waals surface area contributed by atoms with Crippen molar-refractivity contribution in [1.82, 2.24) is 0 Å². The summed E-state index contributed by atoms with van der Waals surface area (Å²) in [7, 11) is 0. The van der Waals surface area contributed by atoms with Crippen LogP contribution in [0.25, 0.3) is 0 Å². The van der Waals surface area contributed by atoms with Crippen molar-refractivity contribution in [2.45, 2.75) is 10.8 Å². The third-order valence-electron chi connectivity index (χ3n) is 0.587. The Labute approximate surface area is 69.0 Å². The van der Waals surface area contributed by atoms with Gasteiger partial charge in [-0.25, -0.2) is 0 Å². The van der Waals surface area contributed by atoms with Crippen LogP contribution in [0.5, 0.6) is 0 Å². The first-order valence-corrected chi connectivity index (χ1v) is 3.73. The van der Waals surface area contributed by atoms with Crippen LogP contribution in [0.1, 0.15) is 6.42 Å². The Morgan fingerprint density at radius 2 is 1.88 bits per heavy atom. The Balaban J connectivity index is 3.37. The summed E-state index contributed by atoms with van der Waals surface area (Å²) >= 11 is 21.6. The van der Waals surface area contributed by atoms with Gasteiger partial charge in [-0.15, -0.1) is 23.2 Å². The normalized spacial score (nSPS) is 12.0. The van der Waals surface area contributed by atoms with Crippen LogP contribution in [0.4, 0.5) is 0 Å². The number of hydrogen-bond donors (Lipinski definition) is 0. The lowest BCUT2D eigenvalue weighted by atomic mass is 10.4. The van der Waals surface area contributed by atoms with Gasteiger partial charge in [0.05, 0.1) is 5.88 Å². The summed E-state index contributed by atoms with van der Waals surface area (Å²) in [5.41, 5.74) is 0. The molecule has 49 valence electrons. The van der Waals surface area contributed by atoms with E-state index in [0.717, 1.165) is 0 Å². The van der Waals surface area contributed by atoms with Gasteiger partial charge in [-0.1, -0.05) is 23.2 Å². The predicted octanol–water partition coefficient (Wildman–Crippen LogP) is 3.19. The second kappa shape index (κ2) is 4.05. The summed E-state index contributed by atoms with van der Waals surface area (Å²) in [4.78, 5) is 0. The Hall–Kier alpha value is 1.16. The number of alkyl halides is 3. The van der Waals surface area contributed by atoms with Gasteiger partial charge in [0.1, 0.15) is 4.33 Å². The lowest BCUT2D eigenvalue weighted by Crippen LogP contribution is -2.10. The topological polar surface area (TPSA) is 0 Å². The van der Waals surface area contributed by atoms with Crippen molar-refractivity contribution in [3.05, 3.63) is 5.88 Å². The highest BCUT2D eigenvalue weighted by Gasteiger charge is 2.21. The van der Waals surface area contributed by atoms with Crippen LogP contribution in [0.2, 0.25) is 0 Å². The quantitative estimate of drug-likeness (QED) is 0.606. The molecule has 0 fully saturated rings. The molecule has 0 spiro atoms. The van der Waals surface area contributed by atoms with Crippen molar-refractivity contribution in [1.29, 1.82) is 0 Å². The van der Waals surface area contributed by atoms with Crippen LogP contribution in [-0.4, -0.2) is 10.2 Å². The maximum absolute atomic E-state index is 5.51. The van der Waals surface area contributed by atoms with Gasteiger partial charge in [0, 0.05) is 5.88 Å². The molecule has 0 amide bonds. The summed E-state index contributed by atoms with van der Waals surface area (Å²) in [6, 6.07) is 0. The minimum absolute atomic E-state index is 0.413. The van der Waals surface area contributed by atoms with E-state index in [1.165, 1.54) is 5.88 Å². The lowest BCUT2D eigenvalue weighted by Gasteiger charge is -2.11. The molecule has 4 heteroatoms. The van der Waals surface area contributed by atoms with E-state index in [1.807, 2.05) is 0 Å². The molecule has 0 bridgehead atoms. The lowest BCUT2D eigenvalue weighted by molar-refractivity contribution is 0.885. The van der Waals surface area contributed by atoms with Crippen LogP contribution in [0.3, 0.4) is 0 Å². The molecule has 8 heavy (non-hydrogen) atoms. The van der Waals surface area contributed by atoms with Crippen LogP contribution < -0.4 is 0 Å². The fraction of sp³-hybridized carbons (Fsp3) is 0.750. The van der Waals surface area contributed by atoms with E-state index >= 15 is 0 Å². The van der Waals surface area contributed by atoms with E-state index in [2.05, 4.69) is 0 Å². The summed E-state index contributed by atoms with van der Waals surface area (Å²) in [6.45, 7) is 0. The summed E-state index contributed by atoms with van der Waals surface area (Å²) in [5.74, 6) is 1.61. The predicted molar refractivity (Wildman–Crippen MR) is 39.9 cm³/mol. The standard InChI is InChI=1S/C4H5Cl4/c5-2-1-4(7,8)3-6/h3H,1-2H2. The molecule has 0 nitrogen and oxygen atoms in total. The smallest absolute Gasteiger partial charge is 0.127 e. The van der Waals surface area contributed by atoms with Gasteiger partial charge in [0.15, 0.2) is 0 Å². The van der Waals surface area contributed by atoms with Gasteiger partial charge in [0.25, 0.3) is 0 Å². The minimum Gasteiger partial charge on any atom is -0.127 e. The number of rotatable bonds is 3. The van der Waals surface area contributed by atoms with Gasteiger partial charge >= 0.3 is 0 Å². The van der Waals surface area contributed by atoms with E-state index in [4.69, 9.17) is 46.4 Å². The minimum atomic E-state index is -0.955. The van der Waals surface area contributed by atoms with E-state index in [-0.39, 0.29) is 0 Å². The average molecular weight is 195 g/mol. The molecule has 0 aliphatic rings. The number of hydrogen-bond acceptors (Lipinski definition) is 0. The molecule has 0 saturated carbocycles. The summed E-state index contributed by atoms with van der Waals surface area (Å²) < 4.78 is -0.955. The summed E-state index contributed by atoms with van der Waals surface area (Å²) in [6.07, 6.45) is 0.473. The largest absolute Gasteiger partial charge is 0.137 e. The van der Waals surface area contributed by atoms with Crippen molar-refractivity contribution in [2.24, 2.45) is 0 Å². The van der Waals surface area contributed by atoms with E-state index < -0.39 is 4.33 Å². The molecule has 1 radical (unpaired) electrons. The highest BCUT2D eigenvalue weighted by atomic mass is 35.5. The second-order valence-corrected chi connectivity index (χ2v) is 3.45. The van der Waals surface area contributed by atoms with Crippen molar-refractivity contribution in [3.63, 3.8) is 0 Å². The fourth-order valence-electron chi connectivity index (χ4n) is 0.181. The molecular formula is C4H5Cl4. The zero-order valence-electron chi connectivity index (χ0n) is 4.00. The van der Waals surface area contributed by atoms with Crippen LogP contribution in [0.15, 0.2) is 0 Å². The van der Waals surface area contributed by atoms with E-state index in [0.29, 0.717) is 12.3 Å². The van der Waals surface area contributed by atoms with Gasteiger partial charge < -0.3 is 0 Å². The molecule has 0 aliphatic carbocycles. The second-order valence-electron chi connectivity index (χ2n) is 1.31. The van der Waals surface area contributed by atoms with E-state index in [9.17, 15) is 0 Å². The molecule has 0 rings (SSSR count). The Bertz CT molecular complexity index is 61.1. The molecule has 0 unspecified atom stereocenters. The molecule has 0 heterocycles. The first kappa shape index (κ1) is 9.16. The zero-order valence-corrected chi connectivity index (χ0v) is 7.03. The Kier molecular flexibility index (Phi) is 4.64. The molecule has 0 N–H and O–H groups in total. The average Bonchev–Trinajstić information content (AvgIpc) is 1.67. The molecule has 0 aromatic rings. The molecular weight excluding hydrogens is 190 g/mol. The van der Waals surface area contributed by atoms with Crippen molar-refractivity contribution < 1.29 is 0 Å². The SMILES string of the molecule is Cl[CH]C(Cl)(Cl)CCCl. The van der Waals surface area contributed by atoms with Crippen LogP contribution in [-0.2, 0) is 0 Å². The molecule has 0 saturated heterocycles. The third-order valence-corrected chi connectivity index (χ3v) is 1.97. The van der Waals surface area contributed by atoms with Gasteiger partial charge in [-0.3, -0.25) is 0 Å². The maximum atomic E-state index is 5.51. The maximum Gasteiger partial charge on any atom is 0.137 e. The first-order valence-electron chi connectivity index (χ1n) is 2.01. The Morgan fingerprint density at radius 3 is 2.00 bits per heavy atom. The molecule has 0 aliphatic heterocycles. The van der Waals surface area contributed by atoms with Crippen molar-refractivity contribution >= 4 is 46.4 Å². The van der Waals surface area contributed by atoms with Gasteiger partial charge in [-0.2, -0.15) is 0 Å². The molecule has 0 aromatic carbocycles. The van der Waals surface area contributed by atoms with Crippen molar-refractivity contribution in [3.8, 4) is 0 Å². The van der Waals surface area contributed by atoms with E-state index in [1.54, 1.807) is 0 Å². The highest BCUT2D eigenvalue weighted by Crippen LogP contribution is 2.30.